The number of aromatic nitrogens is 2. The number of anilines is 1. The number of carboxylic acid groups (broad SMARTS) is 1. The predicted octanol–water partition coefficient (Wildman–Crippen LogP) is 3.59. The van der Waals surface area contributed by atoms with Crippen LogP contribution in [0.25, 0.3) is 11.3 Å². The second kappa shape index (κ2) is 7.76. The van der Waals surface area contributed by atoms with Crippen LogP contribution in [-0.2, 0) is 11.3 Å². The molecule has 2 aromatic heterocycles. The van der Waals surface area contributed by atoms with Gasteiger partial charge in [0.1, 0.15) is 0 Å². The van der Waals surface area contributed by atoms with Gasteiger partial charge < -0.3 is 15.2 Å². The quantitative estimate of drug-likeness (QED) is 0.674. The lowest BCUT2D eigenvalue weighted by Gasteiger charge is -2.10. The summed E-state index contributed by atoms with van der Waals surface area (Å²) in [5.74, 6) is -0.431. The third kappa shape index (κ3) is 4.77. The van der Waals surface area contributed by atoms with Crippen LogP contribution in [0.2, 0.25) is 0 Å². The van der Waals surface area contributed by atoms with Crippen molar-refractivity contribution in [2.75, 3.05) is 11.9 Å². The molecule has 3 aromatic rings. The Labute approximate surface area is 149 Å². The van der Waals surface area contributed by atoms with Gasteiger partial charge in [0.25, 0.3) is 0 Å². The zero-order valence-electron chi connectivity index (χ0n) is 13.6. The highest BCUT2D eigenvalue weighted by Crippen LogP contribution is 2.24. The van der Waals surface area contributed by atoms with E-state index in [9.17, 15) is 4.79 Å². The number of carboxylic acids is 1. The van der Waals surface area contributed by atoms with Crippen molar-refractivity contribution in [3.63, 3.8) is 0 Å². The van der Waals surface area contributed by atoms with E-state index in [1.165, 1.54) is 0 Å². The van der Waals surface area contributed by atoms with Crippen LogP contribution in [0.1, 0.15) is 10.4 Å². The van der Waals surface area contributed by atoms with Crippen LogP contribution in [-0.4, -0.2) is 27.7 Å². The summed E-state index contributed by atoms with van der Waals surface area (Å²) in [6.07, 6.45) is 0. The van der Waals surface area contributed by atoms with Crippen molar-refractivity contribution in [3.8, 4) is 17.1 Å². The molecule has 0 unspecified atom stereocenters. The van der Waals surface area contributed by atoms with Crippen molar-refractivity contribution in [1.29, 1.82) is 0 Å². The average molecular weight is 355 g/mol. The summed E-state index contributed by atoms with van der Waals surface area (Å²) in [7, 11) is 0. The standard InChI is InChI=1S/C18H17N3O3S/c1-12-4-2-5-13(8-12)15-9-16(24-11-17(22)23)21-18(20-15)19-10-14-6-3-7-25-14/h2-9H,10-11H2,1H3,(H,22,23)(H,19,20,21). The van der Waals surface area contributed by atoms with E-state index in [4.69, 9.17) is 9.84 Å². The molecule has 0 aliphatic rings. The number of nitrogens with zero attached hydrogens (tertiary/aromatic N) is 2. The molecule has 0 aliphatic carbocycles. The molecule has 2 N–H and O–H groups in total. The molecule has 1 aromatic carbocycles. The molecule has 0 saturated heterocycles. The van der Waals surface area contributed by atoms with E-state index in [0.717, 1.165) is 16.0 Å². The Bertz CT molecular complexity index is 866. The number of aryl methyl sites for hydroxylation is 1. The molecule has 0 saturated carbocycles. The van der Waals surface area contributed by atoms with Crippen molar-refractivity contribution < 1.29 is 14.6 Å². The van der Waals surface area contributed by atoms with Crippen LogP contribution in [0.15, 0.2) is 47.8 Å². The van der Waals surface area contributed by atoms with E-state index >= 15 is 0 Å². The zero-order valence-corrected chi connectivity index (χ0v) is 14.4. The second-order valence-electron chi connectivity index (χ2n) is 5.40. The van der Waals surface area contributed by atoms with Crippen molar-refractivity contribution >= 4 is 23.3 Å². The van der Waals surface area contributed by atoms with Crippen molar-refractivity contribution in [2.45, 2.75) is 13.5 Å². The molecule has 7 heteroatoms. The van der Waals surface area contributed by atoms with Gasteiger partial charge in [-0.05, 0) is 24.4 Å². The Morgan fingerprint density at radius 3 is 2.84 bits per heavy atom. The van der Waals surface area contributed by atoms with Crippen LogP contribution >= 0.6 is 11.3 Å². The predicted molar refractivity (Wildman–Crippen MR) is 97.0 cm³/mol. The Morgan fingerprint density at radius 1 is 1.24 bits per heavy atom. The molecule has 3 rings (SSSR count). The smallest absolute Gasteiger partial charge is 0.341 e. The van der Waals surface area contributed by atoms with E-state index in [0.29, 0.717) is 18.2 Å². The van der Waals surface area contributed by atoms with Crippen LogP contribution in [0, 0.1) is 6.92 Å². The summed E-state index contributed by atoms with van der Waals surface area (Å²) in [5.41, 5.74) is 2.70. The van der Waals surface area contributed by atoms with Crippen molar-refractivity contribution in [1.82, 2.24) is 9.97 Å². The van der Waals surface area contributed by atoms with E-state index < -0.39 is 12.6 Å². The van der Waals surface area contributed by atoms with Crippen LogP contribution in [0.5, 0.6) is 5.88 Å². The van der Waals surface area contributed by atoms with Gasteiger partial charge in [-0.1, -0.05) is 29.8 Å². The molecule has 0 amide bonds. The number of ether oxygens (including phenoxy) is 1. The molecule has 0 radical (unpaired) electrons. The molecule has 0 atom stereocenters. The highest BCUT2D eigenvalue weighted by molar-refractivity contribution is 7.09. The molecule has 0 fully saturated rings. The van der Waals surface area contributed by atoms with E-state index in [2.05, 4.69) is 15.3 Å². The summed E-state index contributed by atoms with van der Waals surface area (Å²) < 4.78 is 5.25. The molecular formula is C18H17N3O3S. The van der Waals surface area contributed by atoms with E-state index in [1.807, 2.05) is 48.7 Å². The molecule has 0 spiro atoms. The van der Waals surface area contributed by atoms with Gasteiger partial charge in [0.05, 0.1) is 12.2 Å². The fourth-order valence-corrected chi connectivity index (χ4v) is 2.89. The highest BCUT2D eigenvalue weighted by Gasteiger charge is 2.10. The first-order valence-electron chi connectivity index (χ1n) is 7.67. The number of nitrogens with one attached hydrogen (secondary N) is 1. The molecule has 0 bridgehead atoms. The largest absolute Gasteiger partial charge is 0.479 e. The van der Waals surface area contributed by atoms with Crippen LogP contribution in [0.3, 0.4) is 0 Å². The van der Waals surface area contributed by atoms with Gasteiger partial charge in [0.2, 0.25) is 11.8 Å². The van der Waals surface area contributed by atoms with Gasteiger partial charge in [-0.25, -0.2) is 9.78 Å². The Hall–Kier alpha value is -2.93. The van der Waals surface area contributed by atoms with Crippen molar-refractivity contribution in [2.24, 2.45) is 0 Å². The van der Waals surface area contributed by atoms with Gasteiger partial charge >= 0.3 is 5.97 Å². The third-order valence-electron chi connectivity index (χ3n) is 3.36. The first-order valence-corrected chi connectivity index (χ1v) is 8.55. The molecule has 0 aliphatic heterocycles. The van der Waals surface area contributed by atoms with Crippen LogP contribution in [0.4, 0.5) is 5.95 Å². The number of benzene rings is 1. The Balaban J connectivity index is 1.88. The van der Waals surface area contributed by atoms with Crippen molar-refractivity contribution in [3.05, 3.63) is 58.3 Å². The third-order valence-corrected chi connectivity index (χ3v) is 4.24. The molecule has 25 heavy (non-hydrogen) atoms. The molecule has 2 heterocycles. The lowest BCUT2D eigenvalue weighted by Crippen LogP contribution is -2.12. The topological polar surface area (TPSA) is 84.3 Å². The summed E-state index contributed by atoms with van der Waals surface area (Å²) in [5, 5.41) is 14.0. The number of aliphatic carboxylic acids is 1. The first kappa shape index (κ1) is 16.9. The second-order valence-corrected chi connectivity index (χ2v) is 6.43. The molecule has 6 nitrogen and oxygen atoms in total. The number of thiophene rings is 1. The maximum absolute atomic E-state index is 10.8. The number of hydrogen-bond donors (Lipinski definition) is 2. The minimum absolute atomic E-state index is 0.225. The van der Waals surface area contributed by atoms with Gasteiger partial charge in [0, 0.05) is 16.5 Å². The number of rotatable bonds is 7. The Kier molecular flexibility index (Phi) is 5.25. The summed E-state index contributed by atoms with van der Waals surface area (Å²) >= 11 is 1.64. The number of carbonyl (C=O) groups is 1. The summed E-state index contributed by atoms with van der Waals surface area (Å²) in [6.45, 7) is 2.14. The lowest BCUT2D eigenvalue weighted by molar-refractivity contribution is -0.139. The SMILES string of the molecule is Cc1cccc(-c2cc(OCC(=O)O)nc(NCc3cccs3)n2)c1. The van der Waals surface area contributed by atoms with Gasteiger partial charge in [-0.2, -0.15) is 4.98 Å². The molecule has 128 valence electrons. The average Bonchev–Trinajstić information content (AvgIpc) is 3.11. The van der Waals surface area contributed by atoms with Crippen LogP contribution < -0.4 is 10.1 Å². The lowest BCUT2D eigenvalue weighted by atomic mass is 10.1. The normalized spacial score (nSPS) is 10.4. The van der Waals surface area contributed by atoms with Gasteiger partial charge in [0.15, 0.2) is 6.61 Å². The minimum Gasteiger partial charge on any atom is -0.479 e. The first-order chi connectivity index (χ1) is 12.1. The summed E-state index contributed by atoms with van der Waals surface area (Å²) in [4.78, 5) is 20.7. The van der Waals surface area contributed by atoms with Gasteiger partial charge in [-0.15, -0.1) is 11.3 Å². The summed E-state index contributed by atoms with van der Waals surface area (Å²) in [6, 6.07) is 13.5. The van der Waals surface area contributed by atoms with Gasteiger partial charge in [-0.3, -0.25) is 0 Å². The maximum atomic E-state index is 10.8. The highest BCUT2D eigenvalue weighted by atomic mass is 32.1. The number of hydrogen-bond acceptors (Lipinski definition) is 6. The molecular weight excluding hydrogens is 338 g/mol. The fraction of sp³-hybridized carbons (Fsp3) is 0.167. The van der Waals surface area contributed by atoms with E-state index in [-0.39, 0.29) is 5.88 Å². The monoisotopic (exact) mass is 355 g/mol. The fourth-order valence-electron chi connectivity index (χ4n) is 2.25. The van der Waals surface area contributed by atoms with E-state index in [1.54, 1.807) is 17.4 Å². The maximum Gasteiger partial charge on any atom is 0.341 e. The zero-order chi connectivity index (χ0) is 17.6. The Morgan fingerprint density at radius 2 is 2.12 bits per heavy atom. The minimum atomic E-state index is -1.05.